The van der Waals surface area contributed by atoms with Crippen molar-refractivity contribution in [3.05, 3.63) is 22.7 Å². The summed E-state index contributed by atoms with van der Waals surface area (Å²) in [6.45, 7) is 4.15. The van der Waals surface area contributed by atoms with E-state index >= 15 is 0 Å². The summed E-state index contributed by atoms with van der Waals surface area (Å²) in [4.78, 5) is 11.5. The minimum atomic E-state index is -0.579. The molecule has 0 fully saturated rings. The van der Waals surface area contributed by atoms with Gasteiger partial charge < -0.3 is 14.8 Å². The number of hydrogen-bond acceptors (Lipinski definition) is 4. The molecule has 4 nitrogen and oxygen atoms in total. The molecule has 0 saturated carbocycles. The van der Waals surface area contributed by atoms with E-state index in [0.29, 0.717) is 6.54 Å². The number of esters is 1. The summed E-state index contributed by atoms with van der Waals surface area (Å²) in [7, 11) is 3.01. The molecule has 0 amide bonds. The Kier molecular flexibility index (Phi) is 5.02. The van der Waals surface area contributed by atoms with Crippen molar-refractivity contribution in [2.45, 2.75) is 13.8 Å². The zero-order valence-corrected chi connectivity index (χ0v) is 12.6. The van der Waals surface area contributed by atoms with Gasteiger partial charge in [0.25, 0.3) is 0 Å². The fourth-order valence-corrected chi connectivity index (χ4v) is 1.93. The highest BCUT2D eigenvalue weighted by molar-refractivity contribution is 9.10. The number of halogens is 1. The van der Waals surface area contributed by atoms with Gasteiger partial charge in [-0.25, -0.2) is 0 Å². The molecule has 1 aromatic carbocycles. The van der Waals surface area contributed by atoms with Crippen molar-refractivity contribution in [2.24, 2.45) is 5.41 Å². The van der Waals surface area contributed by atoms with Crippen LogP contribution >= 0.6 is 15.9 Å². The van der Waals surface area contributed by atoms with Crippen LogP contribution in [0.15, 0.2) is 22.7 Å². The van der Waals surface area contributed by atoms with Crippen LogP contribution in [-0.2, 0) is 9.53 Å². The fraction of sp³-hybridized carbons (Fsp3) is 0.462. The van der Waals surface area contributed by atoms with Crippen molar-refractivity contribution in [3.8, 4) is 5.75 Å². The van der Waals surface area contributed by atoms with Crippen LogP contribution in [-0.4, -0.2) is 26.7 Å². The minimum absolute atomic E-state index is 0.239. The quantitative estimate of drug-likeness (QED) is 0.848. The van der Waals surface area contributed by atoms with Gasteiger partial charge in [-0.15, -0.1) is 0 Å². The first kappa shape index (κ1) is 14.8. The molecule has 0 aliphatic rings. The number of benzene rings is 1. The zero-order valence-electron chi connectivity index (χ0n) is 11.0. The third-order valence-corrected chi connectivity index (χ3v) is 3.04. The summed E-state index contributed by atoms with van der Waals surface area (Å²) in [6, 6.07) is 5.67. The van der Waals surface area contributed by atoms with Gasteiger partial charge in [-0.05, 0) is 26.0 Å². The Balaban J connectivity index is 2.74. The molecule has 1 aromatic rings. The molecule has 1 rings (SSSR count). The van der Waals surface area contributed by atoms with Gasteiger partial charge in [0.2, 0.25) is 0 Å². The normalized spacial score (nSPS) is 10.9. The molecule has 0 spiro atoms. The van der Waals surface area contributed by atoms with Gasteiger partial charge in [0.05, 0.1) is 19.6 Å². The Bertz CT molecular complexity index is 432. The Morgan fingerprint density at radius 2 is 2.00 bits per heavy atom. The predicted octanol–water partition coefficient (Wildman–Crippen LogP) is 3.07. The fourth-order valence-electron chi connectivity index (χ4n) is 1.45. The third-order valence-electron chi connectivity index (χ3n) is 2.58. The molecular formula is C13H18BrNO3. The van der Waals surface area contributed by atoms with Crippen molar-refractivity contribution in [1.29, 1.82) is 0 Å². The average Bonchev–Trinajstić information content (AvgIpc) is 2.34. The van der Waals surface area contributed by atoms with Gasteiger partial charge in [0.1, 0.15) is 5.75 Å². The van der Waals surface area contributed by atoms with Gasteiger partial charge in [-0.1, -0.05) is 15.9 Å². The van der Waals surface area contributed by atoms with Crippen LogP contribution in [0.1, 0.15) is 13.8 Å². The van der Waals surface area contributed by atoms with Crippen LogP contribution in [0.4, 0.5) is 5.69 Å². The second-order valence-corrected chi connectivity index (χ2v) is 5.52. The monoisotopic (exact) mass is 315 g/mol. The molecule has 0 saturated heterocycles. The van der Waals surface area contributed by atoms with Gasteiger partial charge in [-0.2, -0.15) is 0 Å². The van der Waals surface area contributed by atoms with E-state index < -0.39 is 5.41 Å². The van der Waals surface area contributed by atoms with Crippen molar-refractivity contribution in [1.82, 2.24) is 0 Å². The Hall–Kier alpha value is -1.23. The zero-order chi connectivity index (χ0) is 13.8. The van der Waals surface area contributed by atoms with Crippen LogP contribution in [0.2, 0.25) is 0 Å². The van der Waals surface area contributed by atoms with Crippen molar-refractivity contribution < 1.29 is 14.3 Å². The molecule has 0 radical (unpaired) electrons. The summed E-state index contributed by atoms with van der Waals surface area (Å²) < 4.78 is 10.9. The summed E-state index contributed by atoms with van der Waals surface area (Å²) in [5, 5.41) is 3.20. The van der Waals surface area contributed by atoms with Gasteiger partial charge in [0.15, 0.2) is 0 Å². The second-order valence-electron chi connectivity index (χ2n) is 4.61. The molecule has 0 heterocycles. The number of rotatable bonds is 5. The van der Waals surface area contributed by atoms with Crippen molar-refractivity contribution >= 4 is 27.6 Å². The molecule has 0 aliphatic carbocycles. The molecule has 0 bridgehead atoms. The number of ether oxygens (including phenoxy) is 2. The molecule has 0 unspecified atom stereocenters. The molecular weight excluding hydrogens is 298 g/mol. The van der Waals surface area contributed by atoms with Crippen LogP contribution in [0, 0.1) is 5.41 Å². The van der Waals surface area contributed by atoms with Crippen LogP contribution < -0.4 is 10.1 Å². The summed E-state index contributed by atoms with van der Waals surface area (Å²) in [6.07, 6.45) is 0. The van der Waals surface area contributed by atoms with Crippen LogP contribution in [0.3, 0.4) is 0 Å². The molecule has 100 valence electrons. The van der Waals surface area contributed by atoms with Gasteiger partial charge in [-0.3, -0.25) is 4.79 Å². The van der Waals surface area contributed by atoms with E-state index in [1.54, 1.807) is 7.11 Å². The SMILES string of the molecule is COC(=O)C(C)(C)CNc1cc(Br)cc(OC)c1. The van der Waals surface area contributed by atoms with E-state index in [1.165, 1.54) is 7.11 Å². The first-order valence-electron chi connectivity index (χ1n) is 5.56. The summed E-state index contributed by atoms with van der Waals surface area (Å²) in [5.41, 5.74) is 0.308. The number of carbonyl (C=O) groups excluding carboxylic acids is 1. The topological polar surface area (TPSA) is 47.6 Å². The van der Waals surface area contributed by atoms with Crippen LogP contribution in [0.5, 0.6) is 5.75 Å². The Morgan fingerprint density at radius 3 is 2.56 bits per heavy atom. The standard InChI is InChI=1S/C13H18BrNO3/c1-13(2,12(16)18-4)8-15-10-5-9(14)6-11(7-10)17-3/h5-7,15H,8H2,1-4H3. The maximum atomic E-state index is 11.5. The Labute approximate surface area is 116 Å². The lowest BCUT2D eigenvalue weighted by atomic mass is 9.93. The van der Waals surface area contributed by atoms with Gasteiger partial charge >= 0.3 is 5.97 Å². The maximum absolute atomic E-state index is 11.5. The van der Waals surface area contributed by atoms with Crippen LogP contribution in [0.25, 0.3) is 0 Å². The predicted molar refractivity (Wildman–Crippen MR) is 75.0 cm³/mol. The molecule has 0 atom stereocenters. The lowest BCUT2D eigenvalue weighted by Gasteiger charge is -2.22. The highest BCUT2D eigenvalue weighted by atomic mass is 79.9. The molecule has 0 aliphatic heterocycles. The number of hydrogen-bond donors (Lipinski definition) is 1. The highest BCUT2D eigenvalue weighted by Gasteiger charge is 2.28. The van der Waals surface area contributed by atoms with Crippen molar-refractivity contribution in [3.63, 3.8) is 0 Å². The maximum Gasteiger partial charge on any atom is 0.313 e. The highest BCUT2D eigenvalue weighted by Crippen LogP contribution is 2.26. The number of carbonyl (C=O) groups is 1. The van der Waals surface area contributed by atoms with E-state index in [1.807, 2.05) is 32.0 Å². The average molecular weight is 316 g/mol. The van der Waals surface area contributed by atoms with Gasteiger partial charge in [0, 0.05) is 22.8 Å². The summed E-state index contributed by atoms with van der Waals surface area (Å²) in [5.74, 6) is 0.514. The third kappa shape index (κ3) is 3.91. The smallest absolute Gasteiger partial charge is 0.313 e. The first-order valence-corrected chi connectivity index (χ1v) is 6.35. The van der Waals surface area contributed by atoms with E-state index in [0.717, 1.165) is 15.9 Å². The minimum Gasteiger partial charge on any atom is -0.497 e. The molecule has 5 heteroatoms. The second kappa shape index (κ2) is 6.09. The largest absolute Gasteiger partial charge is 0.497 e. The number of methoxy groups -OCH3 is 2. The Morgan fingerprint density at radius 1 is 1.33 bits per heavy atom. The van der Waals surface area contributed by atoms with E-state index in [4.69, 9.17) is 9.47 Å². The number of nitrogens with one attached hydrogen (secondary N) is 1. The van der Waals surface area contributed by atoms with E-state index in [-0.39, 0.29) is 5.97 Å². The molecule has 18 heavy (non-hydrogen) atoms. The first-order chi connectivity index (χ1) is 8.39. The van der Waals surface area contributed by atoms with E-state index in [9.17, 15) is 4.79 Å². The lowest BCUT2D eigenvalue weighted by molar-refractivity contribution is -0.149. The summed E-state index contributed by atoms with van der Waals surface area (Å²) >= 11 is 3.41. The lowest BCUT2D eigenvalue weighted by Crippen LogP contribution is -2.33. The molecule has 0 aromatic heterocycles. The molecule has 1 N–H and O–H groups in total. The van der Waals surface area contributed by atoms with E-state index in [2.05, 4.69) is 21.2 Å². The van der Waals surface area contributed by atoms with Crippen molar-refractivity contribution in [2.75, 3.05) is 26.1 Å². The number of anilines is 1.